The average molecular weight is 279 g/mol. The molecule has 2 atom stereocenters. The molecule has 0 bridgehead atoms. The molecule has 0 radical (unpaired) electrons. The lowest BCUT2D eigenvalue weighted by atomic mass is 9.64. The molecule has 2 nitrogen and oxygen atoms in total. The number of hydrogen-bond acceptors (Lipinski definition) is 2. The van der Waals surface area contributed by atoms with Crippen LogP contribution in [-0.2, 0) is 11.3 Å². The van der Waals surface area contributed by atoms with E-state index in [4.69, 9.17) is 4.74 Å². The molecule has 0 saturated heterocycles. The van der Waals surface area contributed by atoms with Crippen LogP contribution in [0.3, 0.4) is 0 Å². The molecule has 3 heteroatoms. The number of rotatable bonds is 6. The van der Waals surface area contributed by atoms with Gasteiger partial charge in [-0.05, 0) is 18.4 Å². The third-order valence-corrected chi connectivity index (χ3v) is 4.31. The number of hydrogen-bond donors (Lipinski definition) is 1. The van der Waals surface area contributed by atoms with E-state index in [-0.39, 0.29) is 11.2 Å². The number of benzene rings is 1. The van der Waals surface area contributed by atoms with Gasteiger partial charge in [-0.15, -0.1) is 0 Å². The molecule has 1 N–H and O–H groups in total. The van der Waals surface area contributed by atoms with Crippen LogP contribution in [0.25, 0.3) is 0 Å². The van der Waals surface area contributed by atoms with E-state index in [2.05, 4.69) is 33.0 Å². The summed E-state index contributed by atoms with van der Waals surface area (Å²) >= 11 is 0. The summed E-state index contributed by atoms with van der Waals surface area (Å²) in [4.78, 5) is 0. The molecule has 2 rings (SSSR count). The van der Waals surface area contributed by atoms with E-state index in [1.54, 1.807) is 6.07 Å². The first-order valence-electron chi connectivity index (χ1n) is 7.49. The fourth-order valence-electron chi connectivity index (χ4n) is 2.70. The van der Waals surface area contributed by atoms with Crippen molar-refractivity contribution in [1.82, 2.24) is 5.32 Å². The molecule has 112 valence electrons. The third-order valence-electron chi connectivity index (χ3n) is 4.31. The van der Waals surface area contributed by atoms with E-state index in [0.29, 0.717) is 24.6 Å². The minimum atomic E-state index is -0.135. The zero-order valence-corrected chi connectivity index (χ0v) is 12.9. The first-order chi connectivity index (χ1) is 9.41. The van der Waals surface area contributed by atoms with Gasteiger partial charge >= 0.3 is 0 Å². The normalized spacial score (nSPS) is 24.7. The maximum atomic E-state index is 13.6. The van der Waals surface area contributed by atoms with Crippen molar-refractivity contribution < 1.29 is 9.13 Å². The molecule has 20 heavy (non-hydrogen) atoms. The molecule has 0 spiro atoms. The summed E-state index contributed by atoms with van der Waals surface area (Å²) in [6.07, 6.45) is 1.32. The van der Waals surface area contributed by atoms with Gasteiger partial charge in [0, 0.05) is 30.2 Å². The predicted octanol–water partition coefficient (Wildman–Crippen LogP) is 3.76. The van der Waals surface area contributed by atoms with Gasteiger partial charge in [0.1, 0.15) is 5.82 Å². The van der Waals surface area contributed by atoms with Gasteiger partial charge in [0.15, 0.2) is 0 Å². The molecule has 0 aromatic heterocycles. The third kappa shape index (κ3) is 3.39. The van der Waals surface area contributed by atoms with Crippen LogP contribution in [0, 0.1) is 17.2 Å². The van der Waals surface area contributed by atoms with Crippen LogP contribution in [0.15, 0.2) is 24.3 Å². The highest BCUT2D eigenvalue weighted by atomic mass is 19.1. The second-order valence-corrected chi connectivity index (χ2v) is 6.80. The smallest absolute Gasteiger partial charge is 0.127 e. The van der Waals surface area contributed by atoms with Crippen molar-refractivity contribution in [2.24, 2.45) is 11.3 Å². The summed E-state index contributed by atoms with van der Waals surface area (Å²) in [7, 11) is 0. The van der Waals surface area contributed by atoms with Crippen LogP contribution in [0.5, 0.6) is 0 Å². The largest absolute Gasteiger partial charge is 0.377 e. The van der Waals surface area contributed by atoms with E-state index in [0.717, 1.165) is 18.6 Å². The highest BCUT2D eigenvalue weighted by Crippen LogP contribution is 2.43. The molecule has 0 amide bonds. The van der Waals surface area contributed by atoms with Crippen LogP contribution in [0.2, 0.25) is 0 Å². The zero-order valence-electron chi connectivity index (χ0n) is 12.9. The van der Waals surface area contributed by atoms with E-state index < -0.39 is 0 Å². The van der Waals surface area contributed by atoms with Crippen molar-refractivity contribution in [3.63, 3.8) is 0 Å². The molecule has 0 aliphatic heterocycles. The Hall–Kier alpha value is -0.930. The highest BCUT2D eigenvalue weighted by molar-refractivity contribution is 5.17. The van der Waals surface area contributed by atoms with Crippen LogP contribution < -0.4 is 5.32 Å². The summed E-state index contributed by atoms with van der Waals surface area (Å²) in [6.45, 7) is 10.2. The van der Waals surface area contributed by atoms with Gasteiger partial charge in [-0.2, -0.15) is 0 Å². The Morgan fingerprint density at radius 2 is 2.05 bits per heavy atom. The van der Waals surface area contributed by atoms with Crippen LogP contribution >= 0.6 is 0 Å². The van der Waals surface area contributed by atoms with Gasteiger partial charge in [0.2, 0.25) is 0 Å². The maximum absolute atomic E-state index is 13.6. The molecular formula is C17H26FNO. The Morgan fingerprint density at radius 1 is 1.35 bits per heavy atom. The van der Waals surface area contributed by atoms with E-state index >= 15 is 0 Å². The Kier molecular flexibility index (Phi) is 4.82. The minimum Gasteiger partial charge on any atom is -0.377 e. The zero-order chi connectivity index (χ0) is 14.8. The molecule has 1 aliphatic rings. The van der Waals surface area contributed by atoms with Crippen molar-refractivity contribution >= 4 is 0 Å². The van der Waals surface area contributed by atoms with Gasteiger partial charge in [0.25, 0.3) is 0 Å². The molecule has 2 unspecified atom stereocenters. The van der Waals surface area contributed by atoms with E-state index in [9.17, 15) is 4.39 Å². The highest BCUT2D eigenvalue weighted by Gasteiger charge is 2.48. The Labute approximate surface area is 121 Å². The van der Waals surface area contributed by atoms with Crippen molar-refractivity contribution in [2.75, 3.05) is 6.61 Å². The van der Waals surface area contributed by atoms with Gasteiger partial charge in [-0.3, -0.25) is 0 Å². The van der Waals surface area contributed by atoms with E-state index in [1.807, 2.05) is 12.1 Å². The minimum absolute atomic E-state index is 0.111. The fraction of sp³-hybridized carbons (Fsp3) is 0.647. The molecule has 1 aromatic rings. The summed E-state index contributed by atoms with van der Waals surface area (Å²) in [5.41, 5.74) is 0.843. The first kappa shape index (κ1) is 15.5. The van der Waals surface area contributed by atoms with Crippen molar-refractivity contribution in [3.05, 3.63) is 35.6 Å². The van der Waals surface area contributed by atoms with Crippen LogP contribution in [0.4, 0.5) is 4.39 Å². The average Bonchev–Trinajstić information content (AvgIpc) is 2.38. The first-order valence-corrected chi connectivity index (χ1v) is 7.49. The second kappa shape index (κ2) is 6.23. The van der Waals surface area contributed by atoms with Gasteiger partial charge in [0.05, 0.1) is 6.10 Å². The summed E-state index contributed by atoms with van der Waals surface area (Å²) < 4.78 is 19.5. The quantitative estimate of drug-likeness (QED) is 0.856. The van der Waals surface area contributed by atoms with Crippen LogP contribution in [0.1, 0.15) is 39.7 Å². The lowest BCUT2D eigenvalue weighted by Crippen LogP contribution is -2.60. The molecule has 1 aromatic carbocycles. The summed E-state index contributed by atoms with van der Waals surface area (Å²) in [5.74, 6) is 0.431. The summed E-state index contributed by atoms with van der Waals surface area (Å²) in [5, 5.41) is 3.46. The molecule has 1 aliphatic carbocycles. The standard InChI is InChI=1S/C17H26FNO/c1-12(2)11-20-16-9-15(17(16,3)4)19-10-13-7-5-6-8-14(13)18/h5-8,12,15-16,19H,9-11H2,1-4H3. The fourth-order valence-corrected chi connectivity index (χ4v) is 2.70. The number of nitrogens with one attached hydrogen (secondary N) is 1. The Balaban J connectivity index is 1.82. The van der Waals surface area contributed by atoms with Crippen LogP contribution in [-0.4, -0.2) is 18.8 Å². The predicted molar refractivity (Wildman–Crippen MR) is 80.0 cm³/mol. The lowest BCUT2D eigenvalue weighted by Gasteiger charge is -2.52. The van der Waals surface area contributed by atoms with Crippen molar-refractivity contribution in [2.45, 2.75) is 52.8 Å². The Bertz CT molecular complexity index is 444. The van der Waals surface area contributed by atoms with E-state index in [1.165, 1.54) is 6.07 Å². The topological polar surface area (TPSA) is 21.3 Å². The van der Waals surface area contributed by atoms with Crippen molar-refractivity contribution in [1.29, 1.82) is 0 Å². The number of ether oxygens (including phenoxy) is 1. The Morgan fingerprint density at radius 3 is 2.65 bits per heavy atom. The van der Waals surface area contributed by atoms with Crippen molar-refractivity contribution in [3.8, 4) is 0 Å². The molecule has 0 heterocycles. The van der Waals surface area contributed by atoms with Gasteiger partial charge in [-0.25, -0.2) is 4.39 Å². The molecule has 1 fully saturated rings. The molecule has 1 saturated carbocycles. The lowest BCUT2D eigenvalue weighted by molar-refractivity contribution is -0.124. The maximum Gasteiger partial charge on any atom is 0.127 e. The second-order valence-electron chi connectivity index (χ2n) is 6.80. The molecular weight excluding hydrogens is 253 g/mol. The SMILES string of the molecule is CC(C)COC1CC(NCc2ccccc2F)C1(C)C. The van der Waals surface area contributed by atoms with Gasteiger partial charge < -0.3 is 10.1 Å². The summed E-state index contributed by atoms with van der Waals surface area (Å²) in [6, 6.07) is 7.33. The van der Waals surface area contributed by atoms with Gasteiger partial charge in [-0.1, -0.05) is 45.9 Å². The monoisotopic (exact) mass is 279 g/mol. The number of halogens is 1.